The molecule has 0 heterocycles. The van der Waals surface area contributed by atoms with E-state index >= 15 is 0 Å². The molecular formula is C14H22ClN3O. The lowest BCUT2D eigenvalue weighted by Gasteiger charge is -2.10. The van der Waals surface area contributed by atoms with Crippen LogP contribution in [0.25, 0.3) is 0 Å². The van der Waals surface area contributed by atoms with Gasteiger partial charge in [-0.15, -0.1) is 0 Å². The Kier molecular flexibility index (Phi) is 7.48. The molecule has 0 saturated carbocycles. The molecule has 1 aromatic carbocycles. The molecule has 0 spiro atoms. The molecule has 4 nitrogen and oxygen atoms in total. The third-order valence-electron chi connectivity index (χ3n) is 2.62. The Labute approximate surface area is 120 Å². The Morgan fingerprint density at radius 1 is 1.21 bits per heavy atom. The van der Waals surface area contributed by atoms with Crippen LogP contribution in [0.5, 0.6) is 0 Å². The van der Waals surface area contributed by atoms with Crippen molar-refractivity contribution in [1.82, 2.24) is 10.2 Å². The van der Waals surface area contributed by atoms with Gasteiger partial charge in [-0.05, 0) is 57.9 Å². The zero-order valence-electron chi connectivity index (χ0n) is 11.6. The second-order valence-electron chi connectivity index (χ2n) is 4.71. The average molecular weight is 284 g/mol. The number of benzene rings is 1. The topological polar surface area (TPSA) is 44.4 Å². The Morgan fingerprint density at radius 3 is 2.53 bits per heavy atom. The van der Waals surface area contributed by atoms with Gasteiger partial charge in [-0.3, -0.25) is 4.79 Å². The highest BCUT2D eigenvalue weighted by Crippen LogP contribution is 2.13. The summed E-state index contributed by atoms with van der Waals surface area (Å²) >= 11 is 5.78. The van der Waals surface area contributed by atoms with Gasteiger partial charge < -0.3 is 15.5 Å². The molecule has 0 aromatic heterocycles. The number of carbonyl (C=O) groups is 1. The lowest BCUT2D eigenvalue weighted by atomic mass is 10.3. The summed E-state index contributed by atoms with van der Waals surface area (Å²) in [6.07, 6.45) is 1.57. The van der Waals surface area contributed by atoms with Gasteiger partial charge in [0, 0.05) is 23.7 Å². The van der Waals surface area contributed by atoms with Crippen LogP contribution in [0.2, 0.25) is 5.02 Å². The molecule has 0 bridgehead atoms. The fourth-order valence-corrected chi connectivity index (χ4v) is 1.73. The molecule has 0 unspecified atom stereocenters. The summed E-state index contributed by atoms with van der Waals surface area (Å²) in [5.74, 6) is 0.0161. The smallest absolute Gasteiger partial charge is 0.225 e. The first kappa shape index (κ1) is 16.0. The number of nitrogens with one attached hydrogen (secondary N) is 2. The van der Waals surface area contributed by atoms with E-state index in [1.54, 1.807) is 24.3 Å². The van der Waals surface area contributed by atoms with Gasteiger partial charge in [-0.1, -0.05) is 11.6 Å². The van der Waals surface area contributed by atoms with Gasteiger partial charge in [0.05, 0.1) is 0 Å². The van der Waals surface area contributed by atoms with Crippen molar-refractivity contribution in [2.24, 2.45) is 0 Å². The van der Waals surface area contributed by atoms with E-state index in [1.807, 2.05) is 0 Å². The summed E-state index contributed by atoms with van der Waals surface area (Å²) in [7, 11) is 4.11. The molecule has 2 N–H and O–H groups in total. The lowest BCUT2D eigenvalue weighted by Crippen LogP contribution is -2.25. The van der Waals surface area contributed by atoms with Crippen LogP contribution in [0.1, 0.15) is 12.8 Å². The normalized spacial score (nSPS) is 10.7. The summed E-state index contributed by atoms with van der Waals surface area (Å²) in [4.78, 5) is 13.8. The Morgan fingerprint density at radius 2 is 1.89 bits per heavy atom. The van der Waals surface area contributed by atoms with Crippen molar-refractivity contribution in [1.29, 1.82) is 0 Å². The first-order valence-electron chi connectivity index (χ1n) is 6.49. The maximum Gasteiger partial charge on any atom is 0.225 e. The van der Waals surface area contributed by atoms with Crippen LogP contribution >= 0.6 is 11.6 Å². The molecule has 5 heteroatoms. The first-order valence-corrected chi connectivity index (χ1v) is 6.86. The van der Waals surface area contributed by atoms with Crippen molar-refractivity contribution in [2.75, 3.05) is 39.0 Å². The molecule has 1 amide bonds. The van der Waals surface area contributed by atoms with Crippen LogP contribution in [0, 0.1) is 0 Å². The minimum atomic E-state index is 0.0161. The van der Waals surface area contributed by atoms with Gasteiger partial charge in [0.25, 0.3) is 0 Å². The van der Waals surface area contributed by atoms with Gasteiger partial charge in [-0.2, -0.15) is 0 Å². The number of halogens is 1. The number of amides is 1. The van der Waals surface area contributed by atoms with Crippen molar-refractivity contribution in [3.63, 3.8) is 0 Å². The largest absolute Gasteiger partial charge is 0.326 e. The maximum atomic E-state index is 11.6. The molecule has 0 radical (unpaired) electrons. The first-order chi connectivity index (χ1) is 9.08. The van der Waals surface area contributed by atoms with E-state index < -0.39 is 0 Å². The quantitative estimate of drug-likeness (QED) is 0.719. The molecule has 0 aliphatic carbocycles. The third-order valence-corrected chi connectivity index (χ3v) is 2.87. The Balaban J connectivity index is 2.09. The van der Waals surface area contributed by atoms with E-state index in [4.69, 9.17) is 11.6 Å². The predicted molar refractivity (Wildman–Crippen MR) is 80.7 cm³/mol. The zero-order valence-corrected chi connectivity index (χ0v) is 12.3. The van der Waals surface area contributed by atoms with Gasteiger partial charge in [0.2, 0.25) is 5.91 Å². The van der Waals surface area contributed by atoms with Gasteiger partial charge in [0.1, 0.15) is 0 Å². The minimum absolute atomic E-state index is 0.0161. The van der Waals surface area contributed by atoms with E-state index in [0.29, 0.717) is 18.0 Å². The van der Waals surface area contributed by atoms with Crippen molar-refractivity contribution in [3.8, 4) is 0 Å². The fraction of sp³-hybridized carbons (Fsp3) is 0.500. The van der Waals surface area contributed by atoms with E-state index in [1.165, 1.54) is 0 Å². The summed E-state index contributed by atoms with van der Waals surface area (Å²) in [5.41, 5.74) is 0.780. The summed E-state index contributed by atoms with van der Waals surface area (Å²) < 4.78 is 0. The van der Waals surface area contributed by atoms with Crippen LogP contribution in [0.3, 0.4) is 0 Å². The monoisotopic (exact) mass is 283 g/mol. The van der Waals surface area contributed by atoms with Crippen molar-refractivity contribution < 1.29 is 4.79 Å². The van der Waals surface area contributed by atoms with Crippen LogP contribution in [0.15, 0.2) is 24.3 Å². The lowest BCUT2D eigenvalue weighted by molar-refractivity contribution is -0.116. The van der Waals surface area contributed by atoms with Gasteiger partial charge in [-0.25, -0.2) is 0 Å². The average Bonchev–Trinajstić information content (AvgIpc) is 2.36. The van der Waals surface area contributed by atoms with Gasteiger partial charge >= 0.3 is 0 Å². The SMILES string of the molecule is CN(C)CCCNCCC(=O)Nc1ccc(Cl)cc1. The molecule has 0 fully saturated rings. The molecular weight excluding hydrogens is 262 g/mol. The minimum Gasteiger partial charge on any atom is -0.326 e. The maximum absolute atomic E-state index is 11.6. The number of carbonyl (C=O) groups excluding carboxylic acids is 1. The number of hydrogen-bond donors (Lipinski definition) is 2. The van der Waals surface area contributed by atoms with Crippen LogP contribution in [-0.2, 0) is 4.79 Å². The highest BCUT2D eigenvalue weighted by Gasteiger charge is 2.01. The standard InChI is InChI=1S/C14H22ClN3O/c1-18(2)11-3-9-16-10-8-14(19)17-13-6-4-12(15)5-7-13/h4-7,16H,3,8-11H2,1-2H3,(H,17,19). The predicted octanol–water partition coefficient (Wildman–Crippen LogP) is 2.21. The number of rotatable bonds is 8. The molecule has 1 rings (SSSR count). The third kappa shape index (κ3) is 7.82. The molecule has 1 aromatic rings. The summed E-state index contributed by atoms with van der Waals surface area (Å²) in [6, 6.07) is 7.11. The van der Waals surface area contributed by atoms with Crippen LogP contribution < -0.4 is 10.6 Å². The van der Waals surface area contributed by atoms with E-state index in [0.717, 1.165) is 25.2 Å². The Hall–Kier alpha value is -1.10. The molecule has 0 aliphatic heterocycles. The summed E-state index contributed by atoms with van der Waals surface area (Å²) in [5, 5.41) is 6.76. The second kappa shape index (κ2) is 8.91. The second-order valence-corrected chi connectivity index (χ2v) is 5.15. The van der Waals surface area contributed by atoms with E-state index in [2.05, 4.69) is 29.6 Å². The number of anilines is 1. The molecule has 19 heavy (non-hydrogen) atoms. The van der Waals surface area contributed by atoms with Crippen molar-refractivity contribution in [2.45, 2.75) is 12.8 Å². The molecule has 0 atom stereocenters. The van der Waals surface area contributed by atoms with E-state index in [9.17, 15) is 4.79 Å². The van der Waals surface area contributed by atoms with Crippen LogP contribution in [0.4, 0.5) is 5.69 Å². The van der Waals surface area contributed by atoms with Crippen LogP contribution in [-0.4, -0.2) is 44.5 Å². The zero-order chi connectivity index (χ0) is 14.1. The van der Waals surface area contributed by atoms with Crippen molar-refractivity contribution >= 4 is 23.2 Å². The van der Waals surface area contributed by atoms with Crippen molar-refractivity contribution in [3.05, 3.63) is 29.3 Å². The van der Waals surface area contributed by atoms with Gasteiger partial charge in [0.15, 0.2) is 0 Å². The van der Waals surface area contributed by atoms with E-state index in [-0.39, 0.29) is 5.91 Å². The fourth-order valence-electron chi connectivity index (χ4n) is 1.60. The molecule has 0 aliphatic rings. The highest BCUT2D eigenvalue weighted by atomic mass is 35.5. The molecule has 106 valence electrons. The molecule has 0 saturated heterocycles. The summed E-state index contributed by atoms with van der Waals surface area (Å²) in [6.45, 7) is 2.70. The number of nitrogens with zero attached hydrogens (tertiary/aromatic N) is 1. The number of hydrogen-bond acceptors (Lipinski definition) is 3. The highest BCUT2D eigenvalue weighted by molar-refractivity contribution is 6.30. The Bertz CT molecular complexity index is 379.